The zero-order valence-corrected chi connectivity index (χ0v) is 9.25. The van der Waals surface area contributed by atoms with E-state index in [1.165, 1.54) is 6.07 Å². The second-order valence-corrected chi connectivity index (χ2v) is 4.37. The molecule has 15 heavy (non-hydrogen) atoms. The van der Waals surface area contributed by atoms with Gasteiger partial charge in [-0.1, -0.05) is 5.16 Å². The van der Waals surface area contributed by atoms with Crippen molar-refractivity contribution in [1.82, 2.24) is 10.5 Å². The van der Waals surface area contributed by atoms with Gasteiger partial charge >= 0.3 is 0 Å². The zero-order chi connectivity index (χ0) is 11.6. The highest BCUT2D eigenvalue weighted by Gasteiger charge is 2.24. The zero-order valence-electron chi connectivity index (χ0n) is 9.25. The van der Waals surface area contributed by atoms with Gasteiger partial charge in [0, 0.05) is 11.6 Å². The van der Waals surface area contributed by atoms with Crippen LogP contribution in [0.3, 0.4) is 0 Å². The molecule has 0 radical (unpaired) electrons. The molecule has 1 heterocycles. The highest BCUT2D eigenvalue weighted by molar-refractivity contribution is 6.42. The Morgan fingerprint density at radius 1 is 1.40 bits per heavy atom. The second-order valence-electron chi connectivity index (χ2n) is 4.37. The summed E-state index contributed by atoms with van der Waals surface area (Å²) in [5.41, 5.74) is 0.129. The van der Waals surface area contributed by atoms with E-state index >= 15 is 0 Å². The molecule has 0 unspecified atom stereocenters. The van der Waals surface area contributed by atoms with Crippen molar-refractivity contribution in [3.8, 4) is 0 Å². The first kappa shape index (κ1) is 11.4. The number of ketones is 1. The fraction of sp³-hybridized carbons (Fsp3) is 0.500. The molecule has 1 N–H and O–H groups in total. The van der Waals surface area contributed by atoms with Crippen LogP contribution in [-0.4, -0.2) is 22.4 Å². The van der Waals surface area contributed by atoms with E-state index in [-0.39, 0.29) is 5.76 Å². The van der Waals surface area contributed by atoms with Crippen LogP contribution in [0.25, 0.3) is 0 Å². The summed E-state index contributed by atoms with van der Waals surface area (Å²) in [7, 11) is 0. The third-order valence-corrected chi connectivity index (χ3v) is 1.55. The van der Waals surface area contributed by atoms with Crippen LogP contribution >= 0.6 is 0 Å². The van der Waals surface area contributed by atoms with Crippen LogP contribution in [0.4, 0.5) is 0 Å². The summed E-state index contributed by atoms with van der Waals surface area (Å²) >= 11 is 0. The SMILES string of the molecule is Cc1cc(C(=O)C(=O)NC(C)(C)C)on1. The summed E-state index contributed by atoms with van der Waals surface area (Å²) in [6, 6.07) is 1.44. The standard InChI is InChI=1S/C10H14N2O3/c1-6-5-7(15-12-6)8(13)9(14)11-10(2,3)4/h5H,1-4H3,(H,11,14). The number of carbonyl (C=O) groups excluding carboxylic acids is 2. The molecule has 1 aromatic heterocycles. The smallest absolute Gasteiger partial charge is 0.296 e. The molecule has 0 atom stereocenters. The van der Waals surface area contributed by atoms with Gasteiger partial charge in [-0.3, -0.25) is 9.59 Å². The molecule has 0 aliphatic heterocycles. The van der Waals surface area contributed by atoms with Gasteiger partial charge in [0.2, 0.25) is 5.76 Å². The Hall–Kier alpha value is -1.65. The Bertz CT molecular complexity index is 388. The van der Waals surface area contributed by atoms with Gasteiger partial charge in [-0.15, -0.1) is 0 Å². The predicted octanol–water partition coefficient (Wildman–Crippen LogP) is 1.08. The molecule has 0 aliphatic rings. The van der Waals surface area contributed by atoms with Gasteiger partial charge in [0.15, 0.2) is 0 Å². The van der Waals surface area contributed by atoms with Gasteiger partial charge < -0.3 is 9.84 Å². The maximum absolute atomic E-state index is 11.5. The van der Waals surface area contributed by atoms with Gasteiger partial charge in [0.25, 0.3) is 11.7 Å². The third-order valence-electron chi connectivity index (χ3n) is 1.55. The molecule has 5 heteroatoms. The van der Waals surface area contributed by atoms with Crippen LogP contribution in [-0.2, 0) is 4.79 Å². The first-order valence-electron chi connectivity index (χ1n) is 4.60. The third kappa shape index (κ3) is 3.19. The predicted molar refractivity (Wildman–Crippen MR) is 53.5 cm³/mol. The molecule has 0 aliphatic carbocycles. The Kier molecular flexibility index (Phi) is 2.93. The van der Waals surface area contributed by atoms with Crippen LogP contribution in [0.2, 0.25) is 0 Å². The summed E-state index contributed by atoms with van der Waals surface area (Å²) in [6.07, 6.45) is 0. The van der Waals surface area contributed by atoms with E-state index in [0.29, 0.717) is 5.69 Å². The fourth-order valence-electron chi connectivity index (χ4n) is 0.980. The normalized spacial score (nSPS) is 11.2. The van der Waals surface area contributed by atoms with Gasteiger partial charge in [-0.2, -0.15) is 0 Å². The van der Waals surface area contributed by atoms with E-state index in [1.54, 1.807) is 27.7 Å². The number of aromatic nitrogens is 1. The van der Waals surface area contributed by atoms with Crippen LogP contribution in [0.1, 0.15) is 37.0 Å². The Morgan fingerprint density at radius 2 is 2.00 bits per heavy atom. The maximum Gasteiger partial charge on any atom is 0.296 e. The second kappa shape index (κ2) is 3.84. The number of rotatable bonds is 2. The number of nitrogens with zero attached hydrogens (tertiary/aromatic N) is 1. The minimum absolute atomic E-state index is 0.0331. The minimum Gasteiger partial charge on any atom is -0.352 e. The molecular formula is C10H14N2O3. The van der Waals surface area contributed by atoms with Crippen molar-refractivity contribution in [1.29, 1.82) is 0 Å². The van der Waals surface area contributed by atoms with Crippen LogP contribution in [0.15, 0.2) is 10.6 Å². The lowest BCUT2D eigenvalue weighted by Crippen LogP contribution is -2.44. The molecule has 82 valence electrons. The van der Waals surface area contributed by atoms with Crippen LogP contribution in [0, 0.1) is 6.92 Å². The number of hydrogen-bond acceptors (Lipinski definition) is 4. The highest BCUT2D eigenvalue weighted by Crippen LogP contribution is 2.05. The van der Waals surface area contributed by atoms with E-state index in [9.17, 15) is 9.59 Å². The summed E-state index contributed by atoms with van der Waals surface area (Å²) in [4.78, 5) is 22.9. The van der Waals surface area contributed by atoms with Crippen molar-refractivity contribution in [2.24, 2.45) is 0 Å². The molecule has 0 fully saturated rings. The number of hydrogen-bond donors (Lipinski definition) is 1. The lowest BCUT2D eigenvalue weighted by atomic mass is 10.1. The van der Waals surface area contributed by atoms with Crippen molar-refractivity contribution < 1.29 is 14.1 Å². The summed E-state index contributed by atoms with van der Waals surface area (Å²) in [5.74, 6) is -1.42. The van der Waals surface area contributed by atoms with E-state index in [4.69, 9.17) is 4.52 Å². The average Bonchev–Trinajstić information content (AvgIpc) is 2.47. The Balaban J connectivity index is 2.74. The number of amides is 1. The van der Waals surface area contributed by atoms with Crippen molar-refractivity contribution in [2.75, 3.05) is 0 Å². The molecule has 1 amide bonds. The quantitative estimate of drug-likeness (QED) is 0.585. The topological polar surface area (TPSA) is 72.2 Å². The molecular weight excluding hydrogens is 196 g/mol. The average molecular weight is 210 g/mol. The molecule has 0 spiro atoms. The van der Waals surface area contributed by atoms with Crippen molar-refractivity contribution in [3.63, 3.8) is 0 Å². The highest BCUT2D eigenvalue weighted by atomic mass is 16.5. The lowest BCUT2D eigenvalue weighted by Gasteiger charge is -2.19. The van der Waals surface area contributed by atoms with Crippen molar-refractivity contribution in [3.05, 3.63) is 17.5 Å². The monoisotopic (exact) mass is 210 g/mol. The molecule has 1 rings (SSSR count). The summed E-state index contributed by atoms with van der Waals surface area (Å²) in [6.45, 7) is 7.07. The Morgan fingerprint density at radius 3 is 2.40 bits per heavy atom. The van der Waals surface area contributed by atoms with Gasteiger partial charge in [0.1, 0.15) is 0 Å². The van der Waals surface area contributed by atoms with E-state index in [0.717, 1.165) is 0 Å². The first-order chi connectivity index (χ1) is 6.79. The van der Waals surface area contributed by atoms with Gasteiger partial charge in [-0.05, 0) is 27.7 Å². The number of carbonyl (C=O) groups is 2. The van der Waals surface area contributed by atoms with E-state index < -0.39 is 17.2 Å². The largest absolute Gasteiger partial charge is 0.352 e. The minimum atomic E-state index is -0.703. The summed E-state index contributed by atoms with van der Waals surface area (Å²) < 4.78 is 4.70. The van der Waals surface area contributed by atoms with Crippen LogP contribution in [0.5, 0.6) is 0 Å². The van der Waals surface area contributed by atoms with Crippen molar-refractivity contribution >= 4 is 11.7 Å². The molecule has 0 saturated heterocycles. The van der Waals surface area contributed by atoms with Gasteiger partial charge in [0.05, 0.1) is 5.69 Å². The van der Waals surface area contributed by atoms with Crippen LogP contribution < -0.4 is 5.32 Å². The molecule has 5 nitrogen and oxygen atoms in total. The van der Waals surface area contributed by atoms with E-state index in [1.807, 2.05) is 0 Å². The molecule has 0 aromatic carbocycles. The number of aryl methyl sites for hydroxylation is 1. The Labute approximate surface area is 87.8 Å². The number of Topliss-reactive ketones (excluding diaryl/α,β-unsaturated/α-hetero) is 1. The molecule has 0 saturated carbocycles. The fourth-order valence-corrected chi connectivity index (χ4v) is 0.980. The number of nitrogens with one attached hydrogen (secondary N) is 1. The summed E-state index contributed by atoms with van der Waals surface area (Å²) in [5, 5.41) is 6.09. The molecule has 0 bridgehead atoms. The van der Waals surface area contributed by atoms with Gasteiger partial charge in [-0.25, -0.2) is 0 Å². The van der Waals surface area contributed by atoms with E-state index in [2.05, 4.69) is 10.5 Å². The first-order valence-corrected chi connectivity index (χ1v) is 4.60. The lowest BCUT2D eigenvalue weighted by molar-refractivity contribution is -0.118. The van der Waals surface area contributed by atoms with Crippen molar-refractivity contribution in [2.45, 2.75) is 33.2 Å². The molecule has 1 aromatic rings. The maximum atomic E-state index is 11.5.